The maximum absolute atomic E-state index is 13.9. The average molecular weight is 781 g/mol. The molecule has 58 heavy (non-hydrogen) atoms. The van der Waals surface area contributed by atoms with E-state index in [4.69, 9.17) is 14.2 Å². The van der Waals surface area contributed by atoms with E-state index < -0.39 is 23.9 Å². The van der Waals surface area contributed by atoms with Gasteiger partial charge in [-0.25, -0.2) is 0 Å². The maximum atomic E-state index is 13.9. The molecule has 5 aromatic carbocycles. The van der Waals surface area contributed by atoms with E-state index in [0.717, 1.165) is 39.3 Å². The number of aliphatic hydroxyl groups is 1. The Morgan fingerprint density at radius 1 is 0.655 bits per heavy atom. The zero-order valence-corrected chi connectivity index (χ0v) is 32.7. The van der Waals surface area contributed by atoms with Gasteiger partial charge < -0.3 is 30.0 Å². The van der Waals surface area contributed by atoms with E-state index in [1.54, 1.807) is 0 Å². The highest BCUT2D eigenvalue weighted by atomic mass is 16.5. The molecule has 4 atom stereocenters. The summed E-state index contributed by atoms with van der Waals surface area (Å²) in [5.74, 6) is -0.617. The highest BCUT2D eigenvalue weighted by Gasteiger charge is 2.28. The number of cyclic esters (lactones) is 1. The first kappa shape index (κ1) is 41.4. The zero-order valence-electron chi connectivity index (χ0n) is 32.7. The molecule has 0 unspecified atom stereocenters. The van der Waals surface area contributed by atoms with Gasteiger partial charge >= 0.3 is 5.97 Å². The summed E-state index contributed by atoms with van der Waals surface area (Å²) in [6.45, 7) is 0.617. The smallest absolute Gasteiger partial charge is 0.309 e. The van der Waals surface area contributed by atoms with Crippen LogP contribution in [-0.2, 0) is 51.6 Å². The van der Waals surface area contributed by atoms with Crippen LogP contribution >= 0.6 is 0 Å². The molecule has 300 valence electrons. The normalized spacial score (nSPS) is 17.8. The number of benzene rings is 5. The van der Waals surface area contributed by atoms with Gasteiger partial charge in [-0.3, -0.25) is 14.4 Å². The van der Waals surface area contributed by atoms with Crippen molar-refractivity contribution in [3.05, 3.63) is 179 Å². The van der Waals surface area contributed by atoms with Crippen molar-refractivity contribution < 1.29 is 33.7 Å². The molecule has 9 nitrogen and oxygen atoms in total. The van der Waals surface area contributed by atoms with Gasteiger partial charge in [0.2, 0.25) is 11.8 Å². The Morgan fingerprint density at radius 3 is 1.71 bits per heavy atom. The number of ether oxygens (including phenoxy) is 3. The van der Waals surface area contributed by atoms with Crippen molar-refractivity contribution in [1.82, 2.24) is 10.6 Å². The summed E-state index contributed by atoms with van der Waals surface area (Å²) in [6.07, 6.45) is 5.77. The molecule has 0 radical (unpaired) electrons. The highest BCUT2D eigenvalue weighted by Crippen LogP contribution is 2.21. The first-order chi connectivity index (χ1) is 28.4. The predicted molar refractivity (Wildman–Crippen MR) is 224 cm³/mol. The van der Waals surface area contributed by atoms with Crippen molar-refractivity contribution in [2.24, 2.45) is 11.8 Å². The van der Waals surface area contributed by atoms with Crippen molar-refractivity contribution in [2.45, 2.75) is 63.8 Å². The fraction of sp³-hybridized carbons (Fsp3) is 0.286. The van der Waals surface area contributed by atoms with Crippen molar-refractivity contribution >= 4 is 17.8 Å². The van der Waals surface area contributed by atoms with E-state index in [-0.39, 0.29) is 37.4 Å². The monoisotopic (exact) mass is 780 g/mol. The van der Waals surface area contributed by atoms with Crippen LogP contribution in [0.5, 0.6) is 11.5 Å². The average Bonchev–Trinajstić information content (AvgIpc) is 3.26. The summed E-state index contributed by atoms with van der Waals surface area (Å²) in [7, 11) is 0. The Labute approximate surface area is 341 Å². The van der Waals surface area contributed by atoms with Crippen molar-refractivity contribution in [2.75, 3.05) is 13.2 Å². The van der Waals surface area contributed by atoms with Crippen molar-refractivity contribution in [3.63, 3.8) is 0 Å². The molecule has 5 aromatic rings. The summed E-state index contributed by atoms with van der Waals surface area (Å²) in [5.41, 5.74) is 5.02. The number of carbonyl (C=O) groups excluding carboxylic acids is 3. The largest absolute Gasteiger partial charge is 0.489 e. The Kier molecular flexibility index (Phi) is 15.7. The van der Waals surface area contributed by atoms with Gasteiger partial charge in [0.25, 0.3) is 0 Å². The van der Waals surface area contributed by atoms with Gasteiger partial charge in [0, 0.05) is 6.42 Å². The molecule has 0 saturated carbocycles. The number of allylic oxidation sites excluding steroid dienone is 2. The number of hydrogen-bond acceptors (Lipinski definition) is 7. The lowest BCUT2D eigenvalue weighted by atomic mass is 9.94. The Morgan fingerprint density at radius 2 is 1.16 bits per heavy atom. The predicted octanol–water partition coefficient (Wildman–Crippen LogP) is 7.35. The molecule has 0 spiro atoms. The number of amides is 2. The third-order valence-electron chi connectivity index (χ3n) is 10.1. The maximum Gasteiger partial charge on any atom is 0.309 e. The van der Waals surface area contributed by atoms with Crippen molar-refractivity contribution in [3.8, 4) is 11.5 Å². The number of esters is 1. The van der Waals surface area contributed by atoms with Crippen LogP contribution < -0.4 is 20.1 Å². The Balaban J connectivity index is 1.09. The Hall–Kier alpha value is -6.19. The van der Waals surface area contributed by atoms with E-state index >= 15 is 0 Å². The third kappa shape index (κ3) is 13.5. The van der Waals surface area contributed by atoms with Gasteiger partial charge in [-0.1, -0.05) is 127 Å². The van der Waals surface area contributed by atoms with Crippen LogP contribution in [0.25, 0.3) is 0 Å². The summed E-state index contributed by atoms with van der Waals surface area (Å²) < 4.78 is 17.8. The summed E-state index contributed by atoms with van der Waals surface area (Å²) >= 11 is 0. The van der Waals surface area contributed by atoms with Gasteiger partial charge in [-0.05, 0) is 84.2 Å². The molecule has 1 aliphatic heterocycles. The number of rotatable bonds is 16. The minimum absolute atomic E-state index is 0.0204. The number of nitrogens with one attached hydrogen (secondary N) is 2. The van der Waals surface area contributed by atoms with Gasteiger partial charge in [0.15, 0.2) is 0 Å². The summed E-state index contributed by atoms with van der Waals surface area (Å²) in [5, 5.41) is 16.3. The number of hydrogen-bond donors (Lipinski definition) is 3. The second-order valence-corrected chi connectivity index (χ2v) is 14.8. The second kappa shape index (κ2) is 21.9. The molecule has 0 saturated heterocycles. The summed E-state index contributed by atoms with van der Waals surface area (Å²) in [4.78, 5) is 40.8. The fourth-order valence-corrected chi connectivity index (χ4v) is 6.90. The first-order valence-electron chi connectivity index (χ1n) is 20.0. The molecule has 1 heterocycles. The van der Waals surface area contributed by atoms with Crippen LogP contribution in [0.15, 0.2) is 152 Å². The highest BCUT2D eigenvalue weighted by molar-refractivity contribution is 5.86. The molecule has 0 aromatic heterocycles. The minimum atomic E-state index is -0.685. The second-order valence-electron chi connectivity index (χ2n) is 14.8. The van der Waals surface area contributed by atoms with Crippen LogP contribution in [0.3, 0.4) is 0 Å². The van der Waals surface area contributed by atoms with Gasteiger partial charge in [0.1, 0.15) is 31.3 Å². The third-order valence-corrected chi connectivity index (χ3v) is 10.1. The van der Waals surface area contributed by atoms with E-state index in [0.29, 0.717) is 45.3 Å². The molecule has 3 N–H and O–H groups in total. The topological polar surface area (TPSA) is 123 Å². The quantitative estimate of drug-likeness (QED) is 0.0707. The van der Waals surface area contributed by atoms with E-state index in [1.807, 2.05) is 152 Å². The number of carbonyl (C=O) groups is 3. The summed E-state index contributed by atoms with van der Waals surface area (Å²) in [6, 6.07) is 43.9. The molecule has 0 aliphatic carbocycles. The zero-order chi connectivity index (χ0) is 40.4. The van der Waals surface area contributed by atoms with Crippen molar-refractivity contribution in [1.29, 1.82) is 0 Å². The molecule has 0 fully saturated rings. The minimum Gasteiger partial charge on any atom is -0.489 e. The van der Waals surface area contributed by atoms with Crippen LogP contribution in [0, 0.1) is 11.8 Å². The van der Waals surface area contributed by atoms with Gasteiger partial charge in [-0.15, -0.1) is 0 Å². The van der Waals surface area contributed by atoms with Crippen LogP contribution in [0.1, 0.15) is 47.1 Å². The van der Waals surface area contributed by atoms with E-state index in [9.17, 15) is 19.5 Å². The lowest BCUT2D eigenvalue weighted by Gasteiger charge is -2.25. The van der Waals surface area contributed by atoms with E-state index in [1.165, 1.54) is 0 Å². The fourth-order valence-electron chi connectivity index (χ4n) is 6.90. The first-order valence-corrected chi connectivity index (χ1v) is 20.0. The molecule has 9 heteroatoms. The lowest BCUT2D eigenvalue weighted by Crippen LogP contribution is -2.46. The SMILES string of the molecule is O=C(C[C@H]1CC=CC[C@H](Cc2ccccc2)C(=O)OC[C@H](Cc2ccc(OCc3ccccc3)cc2)NC1=O)N[C@H](CO)Cc1ccc(OCc2ccccc2)cc1. The van der Waals surface area contributed by atoms with Crippen LogP contribution in [0.4, 0.5) is 0 Å². The van der Waals surface area contributed by atoms with Crippen LogP contribution in [0.2, 0.25) is 0 Å². The molecular formula is C49H52N2O7. The number of aliphatic hydroxyl groups excluding tert-OH is 1. The van der Waals surface area contributed by atoms with Gasteiger partial charge in [-0.2, -0.15) is 0 Å². The lowest BCUT2D eigenvalue weighted by molar-refractivity contribution is -0.150. The molecule has 1 aliphatic rings. The standard InChI is InChI=1S/C49H52N2O7/c52-32-43(29-37-20-24-45(25-21-37)56-33-39-14-6-2-7-15-39)50-47(53)31-41-18-10-11-19-42(28-36-12-4-1-5-13-36)49(55)58-35-44(51-48(41)54)30-38-22-26-46(27-23-38)57-34-40-16-8-3-9-17-40/h1-17,20-27,41-44,52H,18-19,28-35H2,(H,50,53)(H,51,54)/t41-,42-,43+,44+/m1/s1. The molecule has 6 rings (SSSR count). The molecular weight excluding hydrogens is 729 g/mol. The molecule has 2 amide bonds. The van der Waals surface area contributed by atoms with Crippen LogP contribution in [-0.4, -0.2) is 48.2 Å². The Bertz CT molecular complexity index is 2040. The van der Waals surface area contributed by atoms with Gasteiger partial charge in [0.05, 0.1) is 30.5 Å². The van der Waals surface area contributed by atoms with E-state index in [2.05, 4.69) is 10.6 Å². The molecule has 0 bridgehead atoms.